The van der Waals surface area contributed by atoms with E-state index in [1.165, 1.54) is 24.3 Å². The predicted molar refractivity (Wildman–Crippen MR) is 95.1 cm³/mol. The van der Waals surface area contributed by atoms with E-state index in [1.807, 2.05) is 0 Å². The molecule has 0 atom stereocenters. The standard InChI is InChI=1S/C19H13F4NO3S/c1-27-19-16(22)6-10(7-17(19)23)12-8-14(20)15(21)9-13(12)11-4-2-3-5-18(11)28(24,25)26/h2-9H,1H3,(H2,24,25,26). The first kappa shape index (κ1) is 19.8. The Morgan fingerprint density at radius 1 is 0.786 bits per heavy atom. The van der Waals surface area contributed by atoms with Gasteiger partial charge in [-0.3, -0.25) is 0 Å². The highest BCUT2D eigenvalue weighted by molar-refractivity contribution is 7.89. The largest absolute Gasteiger partial charge is 0.491 e. The number of nitrogens with two attached hydrogens (primary N) is 1. The number of hydrogen-bond donors (Lipinski definition) is 1. The molecule has 4 nitrogen and oxygen atoms in total. The van der Waals surface area contributed by atoms with E-state index in [1.54, 1.807) is 0 Å². The minimum atomic E-state index is -4.21. The molecular formula is C19H13F4NO3S. The second-order valence-corrected chi connectivity index (χ2v) is 7.36. The highest BCUT2D eigenvalue weighted by Gasteiger charge is 2.21. The third kappa shape index (κ3) is 3.58. The van der Waals surface area contributed by atoms with E-state index in [-0.39, 0.29) is 27.1 Å². The predicted octanol–water partition coefficient (Wildman–Crippen LogP) is 4.23. The molecule has 0 heterocycles. The van der Waals surface area contributed by atoms with Crippen molar-refractivity contribution in [1.29, 1.82) is 0 Å². The van der Waals surface area contributed by atoms with Gasteiger partial charge in [0.25, 0.3) is 0 Å². The van der Waals surface area contributed by atoms with Gasteiger partial charge in [-0.15, -0.1) is 0 Å². The molecule has 28 heavy (non-hydrogen) atoms. The Kier molecular flexibility index (Phi) is 5.14. The molecule has 146 valence electrons. The van der Waals surface area contributed by atoms with Crippen molar-refractivity contribution >= 4 is 10.0 Å². The number of methoxy groups -OCH3 is 1. The zero-order chi connectivity index (χ0) is 20.6. The molecule has 0 amide bonds. The van der Waals surface area contributed by atoms with Crippen LogP contribution in [0.4, 0.5) is 17.6 Å². The van der Waals surface area contributed by atoms with Gasteiger partial charge in [-0.25, -0.2) is 31.1 Å². The molecule has 0 saturated heterocycles. The Morgan fingerprint density at radius 3 is 1.86 bits per heavy atom. The molecule has 0 radical (unpaired) electrons. The summed E-state index contributed by atoms with van der Waals surface area (Å²) < 4.78 is 84.5. The van der Waals surface area contributed by atoms with Crippen LogP contribution in [0.3, 0.4) is 0 Å². The molecule has 3 aromatic rings. The molecule has 2 N–H and O–H groups in total. The lowest BCUT2D eigenvalue weighted by Crippen LogP contribution is -2.13. The monoisotopic (exact) mass is 411 g/mol. The summed E-state index contributed by atoms with van der Waals surface area (Å²) in [7, 11) is -3.14. The molecule has 0 aromatic heterocycles. The summed E-state index contributed by atoms with van der Waals surface area (Å²) in [5.41, 5.74) is -0.424. The highest BCUT2D eigenvalue weighted by Crippen LogP contribution is 2.38. The fourth-order valence-electron chi connectivity index (χ4n) is 2.86. The van der Waals surface area contributed by atoms with Crippen molar-refractivity contribution < 1.29 is 30.7 Å². The van der Waals surface area contributed by atoms with Crippen molar-refractivity contribution in [3.8, 4) is 28.0 Å². The first-order valence-electron chi connectivity index (χ1n) is 7.78. The summed E-state index contributed by atoms with van der Waals surface area (Å²) >= 11 is 0. The molecule has 0 unspecified atom stereocenters. The second-order valence-electron chi connectivity index (χ2n) is 5.83. The number of halogens is 4. The van der Waals surface area contributed by atoms with Crippen LogP contribution in [-0.4, -0.2) is 15.5 Å². The molecule has 9 heteroatoms. The van der Waals surface area contributed by atoms with Crippen molar-refractivity contribution in [3.63, 3.8) is 0 Å². The Labute approximate surface area is 158 Å². The zero-order valence-electron chi connectivity index (χ0n) is 14.3. The van der Waals surface area contributed by atoms with E-state index in [0.29, 0.717) is 0 Å². The molecule has 0 fully saturated rings. The first-order valence-corrected chi connectivity index (χ1v) is 9.32. The second kappa shape index (κ2) is 7.25. The summed E-state index contributed by atoms with van der Waals surface area (Å²) in [5.74, 6) is -5.31. The average molecular weight is 411 g/mol. The first-order chi connectivity index (χ1) is 13.1. The highest BCUT2D eigenvalue weighted by atomic mass is 32.2. The molecule has 3 rings (SSSR count). The van der Waals surface area contributed by atoms with Crippen LogP contribution in [0.15, 0.2) is 53.4 Å². The Bertz CT molecular complexity index is 1160. The molecular weight excluding hydrogens is 398 g/mol. The third-order valence-corrected chi connectivity index (χ3v) is 5.03. The van der Waals surface area contributed by atoms with Gasteiger partial charge in [-0.05, 0) is 47.0 Å². The van der Waals surface area contributed by atoms with Gasteiger partial charge < -0.3 is 4.74 Å². The quantitative estimate of drug-likeness (QED) is 0.653. The van der Waals surface area contributed by atoms with Crippen LogP contribution in [0.2, 0.25) is 0 Å². The molecule has 0 spiro atoms. The maximum Gasteiger partial charge on any atom is 0.238 e. The van der Waals surface area contributed by atoms with Gasteiger partial charge in [0.1, 0.15) is 0 Å². The van der Waals surface area contributed by atoms with Gasteiger partial charge in [0, 0.05) is 5.56 Å². The van der Waals surface area contributed by atoms with E-state index in [9.17, 15) is 26.0 Å². The van der Waals surface area contributed by atoms with Crippen LogP contribution in [-0.2, 0) is 10.0 Å². The van der Waals surface area contributed by atoms with Crippen molar-refractivity contribution in [2.75, 3.05) is 7.11 Å². The topological polar surface area (TPSA) is 69.4 Å². The molecule has 3 aromatic carbocycles. The lowest BCUT2D eigenvalue weighted by atomic mass is 9.94. The van der Waals surface area contributed by atoms with E-state index in [0.717, 1.165) is 31.4 Å². The molecule has 0 aliphatic carbocycles. The third-order valence-electron chi connectivity index (χ3n) is 4.06. The van der Waals surface area contributed by atoms with Crippen LogP contribution in [0.1, 0.15) is 0 Å². The van der Waals surface area contributed by atoms with Gasteiger partial charge in [0.05, 0.1) is 12.0 Å². The van der Waals surface area contributed by atoms with Crippen LogP contribution < -0.4 is 9.88 Å². The normalized spacial score (nSPS) is 11.5. The van der Waals surface area contributed by atoms with Gasteiger partial charge in [-0.2, -0.15) is 0 Å². The van der Waals surface area contributed by atoms with Crippen LogP contribution >= 0.6 is 0 Å². The van der Waals surface area contributed by atoms with Crippen molar-refractivity contribution in [2.24, 2.45) is 5.14 Å². The number of rotatable bonds is 4. The summed E-state index contributed by atoms with van der Waals surface area (Å²) in [5, 5.41) is 5.21. The summed E-state index contributed by atoms with van der Waals surface area (Å²) in [6, 6.07) is 8.59. The number of primary sulfonamides is 1. The van der Waals surface area contributed by atoms with Crippen LogP contribution in [0.25, 0.3) is 22.3 Å². The van der Waals surface area contributed by atoms with E-state index < -0.39 is 39.0 Å². The molecule has 0 aliphatic heterocycles. The molecule has 0 bridgehead atoms. The minimum absolute atomic E-state index is 0.0458. The van der Waals surface area contributed by atoms with Gasteiger partial charge in [-0.1, -0.05) is 18.2 Å². The number of sulfonamides is 1. The Hall–Kier alpha value is -2.91. The summed E-state index contributed by atoms with van der Waals surface area (Å²) in [4.78, 5) is -0.350. The maximum absolute atomic E-state index is 14.1. The van der Waals surface area contributed by atoms with Gasteiger partial charge in [0.2, 0.25) is 10.0 Å². The van der Waals surface area contributed by atoms with Crippen LogP contribution in [0.5, 0.6) is 5.75 Å². The molecule has 0 aliphatic rings. The zero-order valence-corrected chi connectivity index (χ0v) is 15.2. The van der Waals surface area contributed by atoms with E-state index >= 15 is 0 Å². The SMILES string of the molecule is COc1c(F)cc(-c2cc(F)c(F)cc2-c2ccccc2S(N)(=O)=O)cc1F. The number of ether oxygens (including phenoxy) is 1. The Balaban J connectivity index is 2.37. The van der Waals surface area contributed by atoms with E-state index in [4.69, 9.17) is 5.14 Å². The smallest absolute Gasteiger partial charge is 0.238 e. The fourth-order valence-corrected chi connectivity index (χ4v) is 3.61. The molecule has 0 saturated carbocycles. The fraction of sp³-hybridized carbons (Fsp3) is 0.0526. The maximum atomic E-state index is 14.1. The lowest BCUT2D eigenvalue weighted by molar-refractivity contribution is 0.360. The number of hydrogen-bond acceptors (Lipinski definition) is 3. The minimum Gasteiger partial charge on any atom is -0.491 e. The number of benzene rings is 3. The van der Waals surface area contributed by atoms with Crippen molar-refractivity contribution in [1.82, 2.24) is 0 Å². The summed E-state index contributed by atoms with van der Waals surface area (Å²) in [6.07, 6.45) is 0. The van der Waals surface area contributed by atoms with Gasteiger partial charge >= 0.3 is 0 Å². The Morgan fingerprint density at radius 2 is 1.32 bits per heavy atom. The summed E-state index contributed by atoms with van der Waals surface area (Å²) in [6.45, 7) is 0. The van der Waals surface area contributed by atoms with E-state index in [2.05, 4.69) is 4.74 Å². The van der Waals surface area contributed by atoms with Crippen molar-refractivity contribution in [2.45, 2.75) is 4.90 Å². The van der Waals surface area contributed by atoms with Gasteiger partial charge in [0.15, 0.2) is 29.0 Å². The van der Waals surface area contributed by atoms with Crippen molar-refractivity contribution in [3.05, 3.63) is 71.8 Å². The van der Waals surface area contributed by atoms with Crippen LogP contribution in [0, 0.1) is 23.3 Å². The average Bonchev–Trinajstić information content (AvgIpc) is 2.62. The lowest BCUT2D eigenvalue weighted by Gasteiger charge is -2.15.